The Balaban J connectivity index is 2.15. The molecule has 0 saturated carbocycles. The Bertz CT molecular complexity index is 403. The van der Waals surface area contributed by atoms with Crippen molar-refractivity contribution in [3.63, 3.8) is 0 Å². The first kappa shape index (κ1) is 13.3. The summed E-state index contributed by atoms with van der Waals surface area (Å²) >= 11 is 5.96. The van der Waals surface area contributed by atoms with Crippen LogP contribution in [0.2, 0.25) is 5.28 Å². The first-order chi connectivity index (χ1) is 8.56. The monoisotopic (exact) mass is 269 g/mol. The molecule has 1 N–H and O–H groups in total. The van der Waals surface area contributed by atoms with Gasteiger partial charge in [0.15, 0.2) is 0 Å². The minimum Gasteiger partial charge on any atom is -0.351 e. The zero-order valence-electron chi connectivity index (χ0n) is 11.1. The molecule has 1 aliphatic rings. The van der Waals surface area contributed by atoms with Crippen LogP contribution in [0.4, 0.5) is 11.9 Å². The van der Waals surface area contributed by atoms with E-state index in [9.17, 15) is 0 Å². The smallest absolute Gasteiger partial charge is 0.231 e. The van der Waals surface area contributed by atoms with E-state index in [-0.39, 0.29) is 5.28 Å². The summed E-state index contributed by atoms with van der Waals surface area (Å²) in [7, 11) is 0. The molecule has 100 valence electrons. The maximum atomic E-state index is 5.96. The molecule has 5 nitrogen and oxygen atoms in total. The van der Waals surface area contributed by atoms with Crippen LogP contribution in [-0.4, -0.2) is 34.1 Å². The highest BCUT2D eigenvalue weighted by Crippen LogP contribution is 2.19. The van der Waals surface area contributed by atoms with Gasteiger partial charge < -0.3 is 10.2 Å². The van der Waals surface area contributed by atoms with Crippen LogP contribution < -0.4 is 10.2 Å². The summed E-state index contributed by atoms with van der Waals surface area (Å²) in [6, 6.07) is 0.301. The van der Waals surface area contributed by atoms with Crippen molar-refractivity contribution in [2.24, 2.45) is 5.92 Å². The molecule has 0 aromatic carbocycles. The molecular weight excluding hydrogens is 250 g/mol. The van der Waals surface area contributed by atoms with Gasteiger partial charge in [-0.15, -0.1) is 0 Å². The van der Waals surface area contributed by atoms with Crippen molar-refractivity contribution < 1.29 is 0 Å². The van der Waals surface area contributed by atoms with Crippen LogP contribution in [0.15, 0.2) is 0 Å². The van der Waals surface area contributed by atoms with Crippen LogP contribution in [0.1, 0.15) is 33.6 Å². The van der Waals surface area contributed by atoms with Gasteiger partial charge in [-0.1, -0.05) is 13.8 Å². The number of halogens is 1. The first-order valence-electron chi connectivity index (χ1n) is 6.49. The second-order valence-corrected chi connectivity index (χ2v) is 5.44. The highest BCUT2D eigenvalue weighted by Gasteiger charge is 2.17. The third-order valence-corrected chi connectivity index (χ3v) is 3.51. The summed E-state index contributed by atoms with van der Waals surface area (Å²) in [5, 5.41) is 3.53. The Hall–Kier alpha value is -1.10. The summed E-state index contributed by atoms with van der Waals surface area (Å²) in [6.07, 6.45) is 2.38. The zero-order chi connectivity index (χ0) is 13.1. The van der Waals surface area contributed by atoms with Gasteiger partial charge in [0.25, 0.3) is 0 Å². The van der Waals surface area contributed by atoms with E-state index in [0.717, 1.165) is 13.1 Å². The average Bonchev–Trinajstić information content (AvgIpc) is 2.81. The number of rotatable bonds is 4. The van der Waals surface area contributed by atoms with Crippen molar-refractivity contribution in [2.45, 2.75) is 39.7 Å². The summed E-state index contributed by atoms with van der Waals surface area (Å²) in [5.74, 6) is 1.76. The lowest BCUT2D eigenvalue weighted by Crippen LogP contribution is -2.25. The first-order valence-corrected chi connectivity index (χ1v) is 6.87. The van der Waals surface area contributed by atoms with E-state index >= 15 is 0 Å². The molecule has 0 spiro atoms. The molecule has 0 bridgehead atoms. The zero-order valence-corrected chi connectivity index (χ0v) is 11.9. The molecule has 1 saturated heterocycles. The van der Waals surface area contributed by atoms with Gasteiger partial charge in [0.1, 0.15) is 0 Å². The summed E-state index contributed by atoms with van der Waals surface area (Å²) in [5.41, 5.74) is 0. The molecule has 18 heavy (non-hydrogen) atoms. The van der Waals surface area contributed by atoms with Gasteiger partial charge in [-0.3, -0.25) is 0 Å². The number of hydrogen-bond acceptors (Lipinski definition) is 5. The van der Waals surface area contributed by atoms with Gasteiger partial charge in [0, 0.05) is 19.1 Å². The van der Waals surface area contributed by atoms with E-state index in [0.29, 0.717) is 23.9 Å². The van der Waals surface area contributed by atoms with E-state index in [2.05, 4.69) is 45.9 Å². The highest BCUT2D eigenvalue weighted by atomic mass is 35.5. The lowest BCUT2D eigenvalue weighted by molar-refractivity contribution is 0.556. The van der Waals surface area contributed by atoms with E-state index in [4.69, 9.17) is 11.6 Å². The molecule has 0 amide bonds. The number of aromatic nitrogens is 3. The number of anilines is 2. The van der Waals surface area contributed by atoms with E-state index in [1.807, 2.05) is 0 Å². The standard InChI is InChI=1S/C12H20ClN5/c1-8(2)9(3)14-11-15-10(13)16-12(17-11)18-6-4-5-7-18/h8-9H,4-7H2,1-3H3,(H,14,15,16,17). The van der Waals surface area contributed by atoms with Crippen LogP contribution in [0.25, 0.3) is 0 Å². The minimum absolute atomic E-state index is 0.255. The van der Waals surface area contributed by atoms with Crippen LogP contribution in [0, 0.1) is 5.92 Å². The third-order valence-electron chi connectivity index (χ3n) is 3.34. The van der Waals surface area contributed by atoms with Crippen molar-refractivity contribution in [2.75, 3.05) is 23.3 Å². The van der Waals surface area contributed by atoms with E-state index < -0.39 is 0 Å². The SMILES string of the molecule is CC(C)C(C)Nc1nc(Cl)nc(N2CCCC2)n1. The summed E-state index contributed by atoms with van der Waals surface area (Å²) < 4.78 is 0. The molecule has 1 aromatic rings. The van der Waals surface area contributed by atoms with Crippen LogP contribution in [0.5, 0.6) is 0 Å². The normalized spacial score (nSPS) is 17.3. The van der Waals surface area contributed by atoms with E-state index in [1.165, 1.54) is 12.8 Å². The largest absolute Gasteiger partial charge is 0.351 e. The third kappa shape index (κ3) is 3.22. The Kier molecular flexibility index (Phi) is 4.22. The Morgan fingerprint density at radius 1 is 1.11 bits per heavy atom. The van der Waals surface area contributed by atoms with E-state index in [1.54, 1.807) is 0 Å². The van der Waals surface area contributed by atoms with Crippen molar-refractivity contribution in [3.05, 3.63) is 5.28 Å². The maximum Gasteiger partial charge on any atom is 0.231 e. The average molecular weight is 270 g/mol. The molecular formula is C12H20ClN5. The lowest BCUT2D eigenvalue weighted by atomic mass is 10.1. The van der Waals surface area contributed by atoms with Crippen molar-refractivity contribution in [1.29, 1.82) is 0 Å². The fourth-order valence-corrected chi connectivity index (χ4v) is 1.99. The molecule has 1 unspecified atom stereocenters. The Morgan fingerprint density at radius 2 is 1.78 bits per heavy atom. The fraction of sp³-hybridized carbons (Fsp3) is 0.750. The molecule has 1 atom stereocenters. The molecule has 6 heteroatoms. The van der Waals surface area contributed by atoms with Gasteiger partial charge >= 0.3 is 0 Å². The van der Waals surface area contributed by atoms with Gasteiger partial charge in [0.2, 0.25) is 17.2 Å². The van der Waals surface area contributed by atoms with Crippen molar-refractivity contribution in [1.82, 2.24) is 15.0 Å². The second kappa shape index (κ2) is 5.69. The van der Waals surface area contributed by atoms with Crippen molar-refractivity contribution >= 4 is 23.5 Å². The van der Waals surface area contributed by atoms with Crippen molar-refractivity contribution in [3.8, 4) is 0 Å². The predicted molar refractivity (Wildman–Crippen MR) is 74.2 cm³/mol. The summed E-state index contributed by atoms with van der Waals surface area (Å²) in [6.45, 7) is 8.42. The Morgan fingerprint density at radius 3 is 2.39 bits per heavy atom. The topological polar surface area (TPSA) is 53.9 Å². The Labute approximate surface area is 113 Å². The minimum atomic E-state index is 0.255. The molecule has 2 rings (SSSR count). The lowest BCUT2D eigenvalue weighted by Gasteiger charge is -2.19. The van der Waals surface area contributed by atoms with Crippen LogP contribution in [-0.2, 0) is 0 Å². The quantitative estimate of drug-likeness (QED) is 0.911. The molecule has 0 radical (unpaired) electrons. The van der Waals surface area contributed by atoms with Gasteiger partial charge in [-0.05, 0) is 37.3 Å². The number of nitrogens with zero attached hydrogens (tertiary/aromatic N) is 4. The van der Waals surface area contributed by atoms with Gasteiger partial charge in [-0.2, -0.15) is 15.0 Å². The van der Waals surface area contributed by atoms with Crippen LogP contribution in [0.3, 0.4) is 0 Å². The fourth-order valence-electron chi connectivity index (χ4n) is 1.83. The predicted octanol–water partition coefficient (Wildman–Crippen LogP) is 2.58. The van der Waals surface area contributed by atoms with Gasteiger partial charge in [0.05, 0.1) is 0 Å². The second-order valence-electron chi connectivity index (χ2n) is 5.10. The van der Waals surface area contributed by atoms with Crippen LogP contribution >= 0.6 is 11.6 Å². The van der Waals surface area contributed by atoms with Gasteiger partial charge in [-0.25, -0.2) is 0 Å². The molecule has 0 aliphatic carbocycles. The molecule has 1 fully saturated rings. The molecule has 1 aliphatic heterocycles. The maximum absolute atomic E-state index is 5.96. The molecule has 2 heterocycles. The number of nitrogens with one attached hydrogen (secondary N) is 1. The highest BCUT2D eigenvalue weighted by molar-refractivity contribution is 6.28. The number of hydrogen-bond donors (Lipinski definition) is 1. The summed E-state index contributed by atoms with van der Waals surface area (Å²) in [4.78, 5) is 14.9. The molecule has 1 aromatic heterocycles.